The summed E-state index contributed by atoms with van der Waals surface area (Å²) in [7, 11) is -3.51. The Balaban J connectivity index is 1.31. The summed E-state index contributed by atoms with van der Waals surface area (Å²) >= 11 is 6.32. The number of rotatable bonds is 14. The first-order chi connectivity index (χ1) is 16.3. The predicted molar refractivity (Wildman–Crippen MR) is 129 cm³/mol. The maximum Gasteiger partial charge on any atom is 0.324 e. The maximum atomic E-state index is 12.9. The second-order valence-corrected chi connectivity index (χ2v) is 11.7. The summed E-state index contributed by atoms with van der Waals surface area (Å²) in [4.78, 5) is 26.5. The Kier molecular flexibility index (Phi) is 8.34. The lowest BCUT2D eigenvalue weighted by atomic mass is 10.1. The van der Waals surface area contributed by atoms with Crippen LogP contribution in [0.25, 0.3) is 0 Å². The highest BCUT2D eigenvalue weighted by atomic mass is 35.5. The van der Waals surface area contributed by atoms with Crippen molar-refractivity contribution in [3.8, 4) is 5.75 Å². The molecule has 34 heavy (non-hydrogen) atoms. The Morgan fingerprint density at radius 2 is 1.97 bits per heavy atom. The number of amides is 3. The molecule has 9 nitrogen and oxygen atoms in total. The van der Waals surface area contributed by atoms with Crippen LogP contribution in [0.1, 0.15) is 50.1 Å². The van der Waals surface area contributed by atoms with Crippen molar-refractivity contribution in [3.05, 3.63) is 28.8 Å². The van der Waals surface area contributed by atoms with E-state index in [1.54, 1.807) is 6.07 Å². The van der Waals surface area contributed by atoms with Crippen LogP contribution in [0.4, 0.5) is 4.79 Å². The van der Waals surface area contributed by atoms with Crippen molar-refractivity contribution in [2.24, 2.45) is 5.92 Å². The monoisotopic (exact) mass is 512 g/mol. The Labute approximate surface area is 206 Å². The Morgan fingerprint density at radius 3 is 2.62 bits per heavy atom. The molecule has 2 N–H and O–H groups in total. The molecule has 1 aromatic carbocycles. The number of likely N-dealkylation sites (tertiary alicyclic amines) is 1. The number of halogens is 1. The van der Waals surface area contributed by atoms with Gasteiger partial charge in [0.05, 0.1) is 23.4 Å². The van der Waals surface area contributed by atoms with Crippen LogP contribution in [0.3, 0.4) is 0 Å². The normalized spacial score (nSPS) is 19.7. The van der Waals surface area contributed by atoms with E-state index in [0.29, 0.717) is 55.6 Å². The van der Waals surface area contributed by atoms with Crippen molar-refractivity contribution in [1.82, 2.24) is 19.8 Å². The third-order valence-corrected chi connectivity index (χ3v) is 8.23. The van der Waals surface area contributed by atoms with Gasteiger partial charge < -0.3 is 14.5 Å². The third kappa shape index (κ3) is 7.31. The second kappa shape index (κ2) is 11.2. The van der Waals surface area contributed by atoms with Crippen LogP contribution < -0.4 is 14.8 Å². The number of unbranched alkanes of at least 4 members (excludes halogenated alkanes) is 2. The van der Waals surface area contributed by atoms with Crippen LogP contribution >= 0.6 is 11.6 Å². The number of nitrogens with one attached hydrogen (secondary N) is 2. The van der Waals surface area contributed by atoms with Crippen molar-refractivity contribution in [3.63, 3.8) is 0 Å². The molecule has 3 amide bonds. The van der Waals surface area contributed by atoms with Gasteiger partial charge in [-0.1, -0.05) is 24.1 Å². The van der Waals surface area contributed by atoms with Gasteiger partial charge in [-0.2, -0.15) is 0 Å². The highest BCUT2D eigenvalue weighted by Crippen LogP contribution is 2.33. The summed E-state index contributed by atoms with van der Waals surface area (Å²) in [5.41, 5.74) is 0.843. The molecule has 1 saturated carbocycles. The highest BCUT2D eigenvalue weighted by molar-refractivity contribution is 7.89. The number of benzene rings is 1. The molecule has 1 aromatic rings. The van der Waals surface area contributed by atoms with E-state index in [0.717, 1.165) is 25.1 Å². The second-order valence-electron chi connectivity index (χ2n) is 9.42. The van der Waals surface area contributed by atoms with E-state index in [4.69, 9.17) is 16.3 Å². The number of hydrogen-bond donors (Lipinski definition) is 2. The maximum absolute atomic E-state index is 12.9. The zero-order chi connectivity index (χ0) is 24.1. The van der Waals surface area contributed by atoms with Crippen molar-refractivity contribution in [2.75, 3.05) is 45.1 Å². The SMILES string of the molecule is O=C1CN(CCCCCS(=O)(=O)N[C@H](CN2CCC2)c2ccc(Cl)c(OCC3CC3)c2)C(=O)N1. The van der Waals surface area contributed by atoms with Crippen LogP contribution in [0, 0.1) is 5.92 Å². The van der Waals surface area contributed by atoms with Crippen LogP contribution in [-0.2, 0) is 14.8 Å². The first-order valence-corrected chi connectivity index (χ1v) is 14.1. The minimum atomic E-state index is -3.51. The minimum absolute atomic E-state index is 0.00720. The highest BCUT2D eigenvalue weighted by Gasteiger charge is 2.27. The van der Waals surface area contributed by atoms with Crippen LogP contribution in [0.5, 0.6) is 5.75 Å². The number of ether oxygens (including phenoxy) is 1. The molecule has 1 atom stereocenters. The summed E-state index contributed by atoms with van der Waals surface area (Å²) in [6.45, 7) is 3.67. The minimum Gasteiger partial charge on any atom is -0.492 e. The molecular weight excluding hydrogens is 480 g/mol. The van der Waals surface area contributed by atoms with Gasteiger partial charge in [0.25, 0.3) is 0 Å². The van der Waals surface area contributed by atoms with Gasteiger partial charge in [0.1, 0.15) is 12.3 Å². The lowest BCUT2D eigenvalue weighted by Crippen LogP contribution is -2.44. The third-order valence-electron chi connectivity index (χ3n) is 6.45. The Hall–Kier alpha value is -1.88. The smallest absolute Gasteiger partial charge is 0.324 e. The van der Waals surface area contributed by atoms with Gasteiger partial charge in [0.15, 0.2) is 0 Å². The molecule has 2 aliphatic heterocycles. The first kappa shape index (κ1) is 25.2. The fraction of sp³-hybridized carbons (Fsp3) is 0.652. The van der Waals surface area contributed by atoms with Gasteiger partial charge in [0.2, 0.25) is 15.9 Å². The van der Waals surface area contributed by atoms with E-state index in [2.05, 4.69) is 14.9 Å². The molecule has 2 heterocycles. The van der Waals surface area contributed by atoms with Crippen LogP contribution in [-0.4, -0.2) is 75.2 Å². The quantitative estimate of drug-likeness (QED) is 0.293. The zero-order valence-electron chi connectivity index (χ0n) is 19.3. The van der Waals surface area contributed by atoms with E-state index < -0.39 is 10.0 Å². The fourth-order valence-electron chi connectivity index (χ4n) is 4.08. The number of sulfonamides is 1. The summed E-state index contributed by atoms with van der Waals surface area (Å²) in [5.74, 6) is 0.903. The standard InChI is InChI=1S/C23H33ClN4O5S/c24-19-8-7-18(13-21(19)33-16-17-5-6-17)20(14-27-9-4-10-27)26-34(31,32)12-3-1-2-11-28-15-22(29)25-23(28)30/h7-8,13,17,20,26H,1-6,9-12,14-16H2,(H,25,29,30)/t20-/m1/s1. The zero-order valence-corrected chi connectivity index (χ0v) is 20.9. The largest absolute Gasteiger partial charge is 0.492 e. The number of urea groups is 1. The topological polar surface area (TPSA) is 108 Å². The van der Waals surface area contributed by atoms with Gasteiger partial charge >= 0.3 is 6.03 Å². The molecule has 0 aromatic heterocycles. The number of carbonyl (C=O) groups excluding carboxylic acids is 2. The number of hydrogen-bond acceptors (Lipinski definition) is 6. The molecular formula is C23H33ClN4O5S. The molecule has 11 heteroatoms. The van der Waals surface area contributed by atoms with E-state index in [1.807, 2.05) is 12.1 Å². The molecule has 0 unspecified atom stereocenters. The van der Waals surface area contributed by atoms with Crippen molar-refractivity contribution in [2.45, 2.75) is 44.6 Å². The average Bonchev–Trinajstić information content (AvgIpc) is 3.52. The van der Waals surface area contributed by atoms with Crippen molar-refractivity contribution >= 4 is 33.6 Å². The van der Waals surface area contributed by atoms with E-state index in [9.17, 15) is 18.0 Å². The molecule has 3 aliphatic rings. The van der Waals surface area contributed by atoms with E-state index in [-0.39, 0.29) is 30.3 Å². The van der Waals surface area contributed by atoms with Gasteiger partial charge in [-0.05, 0) is 68.8 Å². The van der Waals surface area contributed by atoms with Gasteiger partial charge in [-0.25, -0.2) is 17.9 Å². The summed E-state index contributed by atoms with van der Waals surface area (Å²) < 4.78 is 34.6. The molecule has 0 spiro atoms. The number of nitrogens with zero attached hydrogens (tertiary/aromatic N) is 2. The summed E-state index contributed by atoms with van der Waals surface area (Å²) in [6.07, 6.45) is 5.25. The van der Waals surface area contributed by atoms with Crippen molar-refractivity contribution in [1.29, 1.82) is 0 Å². The lowest BCUT2D eigenvalue weighted by Gasteiger charge is -2.34. The Bertz CT molecular complexity index is 997. The summed E-state index contributed by atoms with van der Waals surface area (Å²) in [6, 6.07) is 4.74. The molecule has 188 valence electrons. The molecule has 4 rings (SSSR count). The van der Waals surface area contributed by atoms with Crippen LogP contribution in [0.15, 0.2) is 18.2 Å². The molecule has 1 aliphatic carbocycles. The molecule has 0 radical (unpaired) electrons. The first-order valence-electron chi connectivity index (χ1n) is 12.0. The summed E-state index contributed by atoms with van der Waals surface area (Å²) in [5, 5.41) is 2.77. The average molecular weight is 513 g/mol. The Morgan fingerprint density at radius 1 is 1.18 bits per heavy atom. The molecule has 3 fully saturated rings. The fourth-order valence-corrected chi connectivity index (χ4v) is 5.60. The van der Waals surface area contributed by atoms with Gasteiger partial charge in [0, 0.05) is 13.1 Å². The van der Waals surface area contributed by atoms with E-state index in [1.165, 1.54) is 17.7 Å². The van der Waals surface area contributed by atoms with Crippen molar-refractivity contribution < 1.29 is 22.7 Å². The lowest BCUT2D eigenvalue weighted by molar-refractivity contribution is -0.118. The van der Waals surface area contributed by atoms with Crippen LogP contribution in [0.2, 0.25) is 5.02 Å². The molecule has 0 bridgehead atoms. The van der Waals surface area contributed by atoms with Gasteiger partial charge in [-0.3, -0.25) is 10.1 Å². The number of carbonyl (C=O) groups is 2. The molecule has 2 saturated heterocycles. The number of imide groups is 1. The van der Waals surface area contributed by atoms with E-state index >= 15 is 0 Å². The predicted octanol–water partition coefficient (Wildman–Crippen LogP) is 2.52. The van der Waals surface area contributed by atoms with Gasteiger partial charge in [-0.15, -0.1) is 0 Å².